The molecule has 0 radical (unpaired) electrons. The molecule has 0 unspecified atom stereocenters. The van der Waals surface area contributed by atoms with E-state index in [4.69, 9.17) is 9.47 Å². The van der Waals surface area contributed by atoms with E-state index >= 15 is 0 Å². The first-order valence-electron chi connectivity index (χ1n) is 9.87. The Labute approximate surface area is 176 Å². The zero-order valence-electron chi connectivity index (χ0n) is 17.7. The highest BCUT2D eigenvalue weighted by Crippen LogP contribution is 2.27. The summed E-state index contributed by atoms with van der Waals surface area (Å²) in [6.45, 7) is 7.79. The van der Waals surface area contributed by atoms with Crippen molar-refractivity contribution in [2.24, 2.45) is 0 Å². The van der Waals surface area contributed by atoms with Crippen LogP contribution in [0.3, 0.4) is 0 Å². The molecule has 1 saturated heterocycles. The van der Waals surface area contributed by atoms with Gasteiger partial charge in [-0.3, -0.25) is 14.6 Å². The van der Waals surface area contributed by atoms with Gasteiger partial charge in [-0.2, -0.15) is 0 Å². The van der Waals surface area contributed by atoms with Crippen molar-refractivity contribution in [2.75, 3.05) is 24.7 Å². The van der Waals surface area contributed by atoms with Crippen LogP contribution < -0.4 is 9.64 Å². The van der Waals surface area contributed by atoms with Crippen LogP contribution in [-0.2, 0) is 20.9 Å². The van der Waals surface area contributed by atoms with Gasteiger partial charge < -0.3 is 9.47 Å². The second kappa shape index (κ2) is 8.98. The van der Waals surface area contributed by atoms with Gasteiger partial charge in [-0.25, -0.2) is 9.59 Å². The SMILES string of the molecule is CCOC(=O)COc1c(C)cc(CN2C(=O)CN(c3ccc(C)cc3)C2=O)cc1C. The van der Waals surface area contributed by atoms with E-state index in [1.807, 2.05) is 57.2 Å². The van der Waals surface area contributed by atoms with Crippen molar-refractivity contribution >= 4 is 23.6 Å². The fraction of sp³-hybridized carbons (Fsp3) is 0.348. The van der Waals surface area contributed by atoms with Crippen LogP contribution in [0, 0.1) is 20.8 Å². The molecule has 1 fully saturated rings. The van der Waals surface area contributed by atoms with E-state index < -0.39 is 5.97 Å². The second-order valence-electron chi connectivity index (χ2n) is 7.34. The minimum Gasteiger partial charge on any atom is -0.481 e. The fourth-order valence-electron chi connectivity index (χ4n) is 3.50. The van der Waals surface area contributed by atoms with E-state index in [0.717, 1.165) is 22.3 Å². The number of imide groups is 1. The van der Waals surface area contributed by atoms with Crippen molar-refractivity contribution in [1.29, 1.82) is 0 Å². The van der Waals surface area contributed by atoms with Gasteiger partial charge in [0.1, 0.15) is 12.3 Å². The molecule has 0 aliphatic carbocycles. The van der Waals surface area contributed by atoms with Crippen molar-refractivity contribution in [3.05, 3.63) is 58.7 Å². The zero-order chi connectivity index (χ0) is 21.8. The van der Waals surface area contributed by atoms with E-state index in [-0.39, 0.29) is 31.6 Å². The Morgan fingerprint density at radius 2 is 1.67 bits per heavy atom. The maximum atomic E-state index is 12.8. The molecule has 1 heterocycles. The Kier molecular flexibility index (Phi) is 6.40. The minimum absolute atomic E-state index is 0.0284. The maximum absolute atomic E-state index is 12.8. The number of hydrogen-bond donors (Lipinski definition) is 0. The fourth-order valence-corrected chi connectivity index (χ4v) is 3.50. The van der Waals surface area contributed by atoms with Crippen LogP contribution in [-0.4, -0.2) is 42.6 Å². The van der Waals surface area contributed by atoms with E-state index in [9.17, 15) is 14.4 Å². The number of carbonyl (C=O) groups excluding carboxylic acids is 3. The average Bonchev–Trinajstić information content (AvgIpc) is 2.96. The summed E-state index contributed by atoms with van der Waals surface area (Å²) < 4.78 is 10.5. The smallest absolute Gasteiger partial charge is 0.344 e. The molecule has 0 aromatic heterocycles. The topological polar surface area (TPSA) is 76.2 Å². The lowest BCUT2D eigenvalue weighted by Gasteiger charge is -2.19. The normalized spacial score (nSPS) is 13.7. The number of benzene rings is 2. The molecule has 0 saturated carbocycles. The third-order valence-electron chi connectivity index (χ3n) is 4.90. The number of ether oxygens (including phenoxy) is 2. The molecule has 30 heavy (non-hydrogen) atoms. The predicted molar refractivity (Wildman–Crippen MR) is 113 cm³/mol. The van der Waals surface area contributed by atoms with Gasteiger partial charge in [-0.1, -0.05) is 29.8 Å². The Morgan fingerprint density at radius 3 is 2.27 bits per heavy atom. The highest BCUT2D eigenvalue weighted by Gasteiger charge is 2.36. The van der Waals surface area contributed by atoms with Crippen LogP contribution in [0.5, 0.6) is 5.75 Å². The number of nitrogens with zero attached hydrogens (tertiary/aromatic N) is 2. The molecular weight excluding hydrogens is 384 g/mol. The Bertz CT molecular complexity index is 945. The lowest BCUT2D eigenvalue weighted by Crippen LogP contribution is -2.32. The first kappa shape index (κ1) is 21.4. The molecule has 0 atom stereocenters. The summed E-state index contributed by atoms with van der Waals surface area (Å²) in [4.78, 5) is 39.6. The monoisotopic (exact) mass is 410 g/mol. The van der Waals surface area contributed by atoms with Crippen LogP contribution >= 0.6 is 0 Å². The van der Waals surface area contributed by atoms with Crippen molar-refractivity contribution in [2.45, 2.75) is 34.2 Å². The van der Waals surface area contributed by atoms with Crippen LogP contribution in [0.4, 0.5) is 10.5 Å². The van der Waals surface area contributed by atoms with Crippen molar-refractivity contribution < 1.29 is 23.9 Å². The summed E-state index contributed by atoms with van der Waals surface area (Å²) in [5, 5.41) is 0. The first-order valence-corrected chi connectivity index (χ1v) is 9.87. The van der Waals surface area contributed by atoms with E-state index in [1.165, 1.54) is 9.80 Å². The standard InChI is InChI=1S/C23H26N2O5/c1-5-29-21(27)14-30-22-16(3)10-18(11-17(22)4)12-25-20(26)13-24(23(25)28)19-8-6-15(2)7-9-19/h6-11H,5,12-14H2,1-4H3. The van der Waals surface area contributed by atoms with Gasteiger partial charge in [-0.05, 0) is 56.5 Å². The van der Waals surface area contributed by atoms with Crippen molar-refractivity contribution in [1.82, 2.24) is 4.90 Å². The average molecular weight is 410 g/mol. The van der Waals surface area contributed by atoms with Crippen LogP contribution in [0.25, 0.3) is 0 Å². The van der Waals surface area contributed by atoms with E-state index in [2.05, 4.69) is 0 Å². The summed E-state index contributed by atoms with van der Waals surface area (Å²) in [7, 11) is 0. The third kappa shape index (κ3) is 4.62. The number of hydrogen-bond acceptors (Lipinski definition) is 5. The number of rotatable bonds is 7. The summed E-state index contributed by atoms with van der Waals surface area (Å²) in [6, 6.07) is 10.9. The van der Waals surface area contributed by atoms with Gasteiger partial charge >= 0.3 is 12.0 Å². The summed E-state index contributed by atoms with van der Waals surface area (Å²) in [5.74, 6) is -0.0597. The van der Waals surface area contributed by atoms with E-state index in [0.29, 0.717) is 18.0 Å². The molecule has 2 aromatic carbocycles. The third-order valence-corrected chi connectivity index (χ3v) is 4.90. The molecule has 7 nitrogen and oxygen atoms in total. The molecule has 158 valence electrons. The molecule has 0 spiro atoms. The summed E-state index contributed by atoms with van der Waals surface area (Å²) >= 11 is 0. The maximum Gasteiger partial charge on any atom is 0.344 e. The van der Waals surface area contributed by atoms with Crippen LogP contribution in [0.2, 0.25) is 0 Å². The van der Waals surface area contributed by atoms with Gasteiger partial charge in [0.15, 0.2) is 6.61 Å². The first-order chi connectivity index (χ1) is 14.3. The Hall–Kier alpha value is -3.35. The quantitative estimate of drug-likeness (QED) is 0.516. The summed E-state index contributed by atoms with van der Waals surface area (Å²) in [5.41, 5.74) is 4.26. The Morgan fingerprint density at radius 1 is 1.03 bits per heavy atom. The summed E-state index contributed by atoms with van der Waals surface area (Å²) in [6.07, 6.45) is 0. The van der Waals surface area contributed by atoms with Gasteiger partial charge in [0.25, 0.3) is 5.91 Å². The number of amides is 3. The molecule has 7 heteroatoms. The number of urea groups is 1. The zero-order valence-corrected chi connectivity index (χ0v) is 17.7. The van der Waals surface area contributed by atoms with Crippen molar-refractivity contribution in [3.8, 4) is 5.75 Å². The lowest BCUT2D eigenvalue weighted by molar-refractivity contribution is -0.145. The Balaban J connectivity index is 1.72. The molecule has 2 aromatic rings. The van der Waals surface area contributed by atoms with Gasteiger partial charge in [0.05, 0.1) is 13.2 Å². The van der Waals surface area contributed by atoms with Crippen LogP contribution in [0.1, 0.15) is 29.2 Å². The largest absolute Gasteiger partial charge is 0.481 e. The number of esters is 1. The second-order valence-corrected chi connectivity index (χ2v) is 7.34. The van der Waals surface area contributed by atoms with Crippen molar-refractivity contribution in [3.63, 3.8) is 0 Å². The van der Waals surface area contributed by atoms with Gasteiger partial charge in [0, 0.05) is 5.69 Å². The van der Waals surface area contributed by atoms with Gasteiger partial charge in [-0.15, -0.1) is 0 Å². The highest BCUT2D eigenvalue weighted by atomic mass is 16.6. The number of carbonyl (C=O) groups is 3. The van der Waals surface area contributed by atoms with E-state index in [1.54, 1.807) is 6.92 Å². The highest BCUT2D eigenvalue weighted by molar-refractivity contribution is 6.12. The number of aryl methyl sites for hydroxylation is 3. The van der Waals surface area contributed by atoms with Gasteiger partial charge in [0.2, 0.25) is 0 Å². The molecular formula is C23H26N2O5. The molecule has 3 amide bonds. The van der Waals surface area contributed by atoms with Crippen LogP contribution in [0.15, 0.2) is 36.4 Å². The predicted octanol–water partition coefficient (Wildman–Crippen LogP) is 3.52. The molecule has 1 aliphatic heterocycles. The number of anilines is 1. The molecule has 1 aliphatic rings. The minimum atomic E-state index is -0.426. The molecule has 0 N–H and O–H groups in total. The molecule has 3 rings (SSSR count). The molecule has 0 bridgehead atoms. The lowest BCUT2D eigenvalue weighted by atomic mass is 10.1.